The lowest BCUT2D eigenvalue weighted by atomic mass is 10.1. The van der Waals surface area contributed by atoms with Gasteiger partial charge in [-0.25, -0.2) is 0 Å². The van der Waals surface area contributed by atoms with E-state index in [0.717, 1.165) is 36.7 Å². The predicted molar refractivity (Wildman–Crippen MR) is 73.2 cm³/mol. The lowest BCUT2D eigenvalue weighted by Crippen LogP contribution is -2.33. The first kappa shape index (κ1) is 12.9. The molecule has 0 unspecified atom stereocenters. The number of amides is 1. The molecule has 0 aromatic heterocycles. The fourth-order valence-electron chi connectivity index (χ4n) is 2.05. The summed E-state index contributed by atoms with van der Waals surface area (Å²) in [7, 11) is 0. The minimum absolute atomic E-state index is 0.132. The summed E-state index contributed by atoms with van der Waals surface area (Å²) in [6.07, 6.45) is 3.54. The second kappa shape index (κ2) is 5.87. The average molecular weight is 247 g/mol. The molecule has 1 amide bonds. The summed E-state index contributed by atoms with van der Waals surface area (Å²) in [6, 6.07) is 7.31. The molecule has 0 aliphatic heterocycles. The van der Waals surface area contributed by atoms with Crippen LogP contribution in [0.5, 0.6) is 0 Å². The standard InChI is InChI=1S/C14H21N3O/c1-2-9-17(10-11-3-4-11)14(18)12-5-7-13(16-15)8-6-12/h5-8,11,16H,2-4,9-10,15H2,1H3. The lowest BCUT2D eigenvalue weighted by Gasteiger charge is -2.22. The lowest BCUT2D eigenvalue weighted by molar-refractivity contribution is 0.0748. The van der Waals surface area contributed by atoms with Crippen molar-refractivity contribution in [3.8, 4) is 0 Å². The molecule has 0 bridgehead atoms. The molecule has 0 radical (unpaired) electrons. The van der Waals surface area contributed by atoms with E-state index in [9.17, 15) is 4.79 Å². The highest BCUT2D eigenvalue weighted by atomic mass is 16.2. The third-order valence-electron chi connectivity index (χ3n) is 3.25. The summed E-state index contributed by atoms with van der Waals surface area (Å²) in [5, 5.41) is 0. The third-order valence-corrected chi connectivity index (χ3v) is 3.25. The van der Waals surface area contributed by atoms with Crippen molar-refractivity contribution in [2.45, 2.75) is 26.2 Å². The van der Waals surface area contributed by atoms with Gasteiger partial charge in [0.2, 0.25) is 0 Å². The molecular formula is C14H21N3O. The van der Waals surface area contributed by atoms with Crippen molar-refractivity contribution in [1.29, 1.82) is 0 Å². The van der Waals surface area contributed by atoms with Gasteiger partial charge in [-0.1, -0.05) is 6.92 Å². The fraction of sp³-hybridized carbons (Fsp3) is 0.500. The highest BCUT2D eigenvalue weighted by Gasteiger charge is 2.26. The van der Waals surface area contributed by atoms with Gasteiger partial charge in [0.05, 0.1) is 0 Å². The predicted octanol–water partition coefficient (Wildman–Crippen LogP) is 2.23. The first-order chi connectivity index (χ1) is 8.74. The molecule has 1 aliphatic carbocycles. The minimum Gasteiger partial charge on any atom is -0.338 e. The molecule has 18 heavy (non-hydrogen) atoms. The van der Waals surface area contributed by atoms with E-state index < -0.39 is 0 Å². The quantitative estimate of drug-likeness (QED) is 0.598. The summed E-state index contributed by atoms with van der Waals surface area (Å²) in [6.45, 7) is 3.85. The van der Waals surface area contributed by atoms with E-state index in [2.05, 4.69) is 12.3 Å². The van der Waals surface area contributed by atoms with Crippen LogP contribution in [0.25, 0.3) is 0 Å². The van der Waals surface area contributed by atoms with Crippen molar-refractivity contribution in [3.63, 3.8) is 0 Å². The second-order valence-electron chi connectivity index (χ2n) is 4.92. The Kier molecular flexibility index (Phi) is 4.20. The van der Waals surface area contributed by atoms with Crippen LogP contribution in [-0.4, -0.2) is 23.9 Å². The van der Waals surface area contributed by atoms with E-state index in [4.69, 9.17) is 5.84 Å². The van der Waals surface area contributed by atoms with Crippen LogP contribution in [0.2, 0.25) is 0 Å². The van der Waals surface area contributed by atoms with Crippen molar-refractivity contribution in [2.75, 3.05) is 18.5 Å². The Hall–Kier alpha value is -1.55. The third kappa shape index (κ3) is 3.23. The van der Waals surface area contributed by atoms with Gasteiger partial charge in [0.15, 0.2) is 0 Å². The highest BCUT2D eigenvalue weighted by Crippen LogP contribution is 2.30. The van der Waals surface area contributed by atoms with E-state index in [1.807, 2.05) is 29.2 Å². The van der Waals surface area contributed by atoms with Crippen molar-refractivity contribution in [3.05, 3.63) is 29.8 Å². The normalized spacial score (nSPS) is 14.3. The van der Waals surface area contributed by atoms with E-state index in [1.165, 1.54) is 12.8 Å². The molecule has 0 saturated heterocycles. The van der Waals surface area contributed by atoms with E-state index in [-0.39, 0.29) is 5.91 Å². The Balaban J connectivity index is 2.05. The molecule has 4 nitrogen and oxygen atoms in total. The van der Waals surface area contributed by atoms with Crippen LogP contribution in [0.3, 0.4) is 0 Å². The maximum absolute atomic E-state index is 12.4. The number of carbonyl (C=O) groups excluding carboxylic acids is 1. The number of benzene rings is 1. The number of nitrogens with zero attached hydrogens (tertiary/aromatic N) is 1. The smallest absolute Gasteiger partial charge is 0.253 e. The number of hydrogen-bond donors (Lipinski definition) is 2. The van der Waals surface area contributed by atoms with Crippen LogP contribution in [0.4, 0.5) is 5.69 Å². The number of carbonyl (C=O) groups is 1. The monoisotopic (exact) mass is 247 g/mol. The Labute approximate surface area is 108 Å². The number of rotatable bonds is 6. The average Bonchev–Trinajstić information content (AvgIpc) is 3.21. The number of nitrogens with two attached hydrogens (primary N) is 1. The summed E-state index contributed by atoms with van der Waals surface area (Å²) < 4.78 is 0. The molecule has 1 aliphatic rings. The van der Waals surface area contributed by atoms with Gasteiger partial charge in [-0.15, -0.1) is 0 Å². The number of hydrazine groups is 1. The second-order valence-corrected chi connectivity index (χ2v) is 4.92. The highest BCUT2D eigenvalue weighted by molar-refractivity contribution is 5.94. The molecule has 3 N–H and O–H groups in total. The van der Waals surface area contributed by atoms with Gasteiger partial charge >= 0.3 is 0 Å². The molecule has 1 fully saturated rings. The van der Waals surface area contributed by atoms with Gasteiger partial charge in [-0.3, -0.25) is 10.6 Å². The van der Waals surface area contributed by atoms with Crippen molar-refractivity contribution >= 4 is 11.6 Å². The Morgan fingerprint density at radius 1 is 1.39 bits per heavy atom. The zero-order valence-electron chi connectivity index (χ0n) is 10.9. The Bertz CT molecular complexity index is 398. The van der Waals surface area contributed by atoms with Crippen LogP contribution in [0, 0.1) is 5.92 Å². The maximum Gasteiger partial charge on any atom is 0.253 e. The Morgan fingerprint density at radius 2 is 2.06 bits per heavy atom. The van der Waals surface area contributed by atoms with Gasteiger partial charge in [0.25, 0.3) is 5.91 Å². The van der Waals surface area contributed by atoms with Crippen LogP contribution in [-0.2, 0) is 0 Å². The van der Waals surface area contributed by atoms with Gasteiger partial charge in [0.1, 0.15) is 0 Å². The van der Waals surface area contributed by atoms with Gasteiger partial charge < -0.3 is 10.3 Å². The number of nitrogen functional groups attached to an aromatic ring is 1. The SMILES string of the molecule is CCCN(CC1CC1)C(=O)c1ccc(NN)cc1. The van der Waals surface area contributed by atoms with Gasteiger partial charge in [-0.2, -0.15) is 0 Å². The summed E-state index contributed by atoms with van der Waals surface area (Å²) in [4.78, 5) is 14.3. The Morgan fingerprint density at radius 3 is 2.56 bits per heavy atom. The molecule has 1 aromatic rings. The van der Waals surface area contributed by atoms with Crippen LogP contribution >= 0.6 is 0 Å². The van der Waals surface area contributed by atoms with Crippen LogP contribution in [0.15, 0.2) is 24.3 Å². The van der Waals surface area contributed by atoms with Crippen molar-refractivity contribution in [1.82, 2.24) is 4.90 Å². The molecule has 1 saturated carbocycles. The van der Waals surface area contributed by atoms with Crippen molar-refractivity contribution < 1.29 is 4.79 Å². The van der Waals surface area contributed by atoms with Gasteiger partial charge in [0, 0.05) is 24.3 Å². The molecule has 1 aromatic carbocycles. The van der Waals surface area contributed by atoms with E-state index in [1.54, 1.807) is 0 Å². The van der Waals surface area contributed by atoms with Crippen LogP contribution in [0.1, 0.15) is 36.5 Å². The molecule has 4 heteroatoms. The van der Waals surface area contributed by atoms with E-state index in [0.29, 0.717) is 0 Å². The van der Waals surface area contributed by atoms with Crippen LogP contribution < -0.4 is 11.3 Å². The molecule has 98 valence electrons. The summed E-state index contributed by atoms with van der Waals surface area (Å²) in [5.74, 6) is 6.17. The number of nitrogens with one attached hydrogen (secondary N) is 1. The first-order valence-corrected chi connectivity index (χ1v) is 6.60. The summed E-state index contributed by atoms with van der Waals surface area (Å²) >= 11 is 0. The number of anilines is 1. The summed E-state index contributed by atoms with van der Waals surface area (Å²) in [5.41, 5.74) is 4.12. The number of hydrogen-bond acceptors (Lipinski definition) is 3. The molecule has 0 spiro atoms. The largest absolute Gasteiger partial charge is 0.338 e. The van der Waals surface area contributed by atoms with Gasteiger partial charge in [-0.05, 0) is 49.4 Å². The minimum atomic E-state index is 0.132. The topological polar surface area (TPSA) is 58.4 Å². The molecule has 2 rings (SSSR count). The first-order valence-electron chi connectivity index (χ1n) is 6.60. The molecular weight excluding hydrogens is 226 g/mol. The molecule has 0 atom stereocenters. The maximum atomic E-state index is 12.4. The zero-order valence-corrected chi connectivity index (χ0v) is 10.9. The fourth-order valence-corrected chi connectivity index (χ4v) is 2.05. The van der Waals surface area contributed by atoms with E-state index >= 15 is 0 Å². The van der Waals surface area contributed by atoms with Crippen molar-refractivity contribution in [2.24, 2.45) is 11.8 Å². The zero-order chi connectivity index (χ0) is 13.0. The molecule has 0 heterocycles.